The molecule has 0 unspecified atom stereocenters. The van der Waals surface area contributed by atoms with Crippen LogP contribution in [0, 0.1) is 11.8 Å². The number of carbonyl (C=O) groups excluding carboxylic acids is 3. The normalized spacial score (nSPS) is 21.0. The molecule has 0 bridgehead atoms. The van der Waals surface area contributed by atoms with Crippen LogP contribution in [-0.2, 0) is 20.9 Å². The summed E-state index contributed by atoms with van der Waals surface area (Å²) in [5.41, 5.74) is 0.765. The Hall–Kier alpha value is -2.74. The third-order valence-electron chi connectivity index (χ3n) is 5.73. The molecule has 4 rings (SSSR count). The summed E-state index contributed by atoms with van der Waals surface area (Å²) in [6.45, 7) is 0.407. The first-order valence-electron chi connectivity index (χ1n) is 10.2. The van der Waals surface area contributed by atoms with Gasteiger partial charge in [-0.25, -0.2) is 0 Å². The number of carbonyl (C=O) groups is 3. The van der Waals surface area contributed by atoms with Gasteiger partial charge in [-0.3, -0.25) is 19.3 Å². The molecule has 1 aromatic carbocycles. The van der Waals surface area contributed by atoms with Crippen molar-refractivity contribution < 1.29 is 18.9 Å². The van der Waals surface area contributed by atoms with Gasteiger partial charge < -0.3 is 9.84 Å². The van der Waals surface area contributed by atoms with Gasteiger partial charge in [-0.1, -0.05) is 29.6 Å². The van der Waals surface area contributed by atoms with Crippen LogP contribution in [0.3, 0.4) is 0 Å². The monoisotopic (exact) mass is 430 g/mol. The highest BCUT2D eigenvalue weighted by atomic mass is 35.5. The van der Waals surface area contributed by atoms with Crippen molar-refractivity contribution in [2.24, 2.45) is 11.8 Å². The fourth-order valence-corrected chi connectivity index (χ4v) is 4.28. The van der Waals surface area contributed by atoms with Crippen LogP contribution >= 0.6 is 11.6 Å². The van der Waals surface area contributed by atoms with Crippen LogP contribution < -0.4 is 5.32 Å². The third-order valence-corrected chi connectivity index (χ3v) is 5.98. The Labute approximate surface area is 179 Å². The molecule has 2 heterocycles. The molecule has 2 aliphatic rings. The van der Waals surface area contributed by atoms with E-state index in [4.69, 9.17) is 16.1 Å². The van der Waals surface area contributed by atoms with E-state index in [1.165, 1.54) is 4.90 Å². The smallest absolute Gasteiger partial charge is 0.246 e. The summed E-state index contributed by atoms with van der Waals surface area (Å²) in [6.07, 6.45) is 4.26. The molecule has 1 saturated heterocycles. The van der Waals surface area contributed by atoms with Crippen molar-refractivity contribution in [1.29, 1.82) is 0 Å². The van der Waals surface area contributed by atoms with Crippen molar-refractivity contribution in [3.05, 3.63) is 35.2 Å². The molecule has 0 radical (unpaired) electrons. The molecule has 1 aromatic heterocycles. The van der Waals surface area contributed by atoms with E-state index in [0.29, 0.717) is 29.7 Å². The summed E-state index contributed by atoms with van der Waals surface area (Å²) >= 11 is 5.87. The van der Waals surface area contributed by atoms with Crippen LogP contribution in [0.1, 0.15) is 44.4 Å². The quantitative estimate of drug-likeness (QED) is 0.677. The zero-order valence-corrected chi connectivity index (χ0v) is 17.2. The van der Waals surface area contributed by atoms with Gasteiger partial charge in [0.15, 0.2) is 0 Å². The number of nitrogens with zero attached hydrogens (tertiary/aromatic N) is 3. The molecule has 8 nitrogen and oxygen atoms in total. The largest absolute Gasteiger partial charge is 0.347 e. The molecule has 2 atom stereocenters. The zero-order chi connectivity index (χ0) is 21.1. The van der Waals surface area contributed by atoms with Crippen molar-refractivity contribution in [1.82, 2.24) is 20.4 Å². The van der Waals surface area contributed by atoms with Gasteiger partial charge in [-0.05, 0) is 43.5 Å². The van der Waals surface area contributed by atoms with E-state index in [9.17, 15) is 14.4 Å². The lowest BCUT2D eigenvalue weighted by molar-refractivity contribution is -0.140. The van der Waals surface area contributed by atoms with E-state index >= 15 is 0 Å². The average molecular weight is 431 g/mol. The summed E-state index contributed by atoms with van der Waals surface area (Å²) in [7, 11) is 0. The van der Waals surface area contributed by atoms with Crippen LogP contribution in [0.15, 0.2) is 28.8 Å². The Bertz CT molecular complexity index is 919. The minimum atomic E-state index is -0.197. The Balaban J connectivity index is 1.22. The van der Waals surface area contributed by atoms with Crippen molar-refractivity contribution in [3.8, 4) is 11.4 Å². The lowest BCUT2D eigenvalue weighted by atomic mass is 9.81. The molecular weight excluding hydrogens is 408 g/mol. The molecule has 0 spiro atoms. The summed E-state index contributed by atoms with van der Waals surface area (Å²) in [6, 6.07) is 7.04. The molecule has 1 N–H and O–H groups in total. The second-order valence-corrected chi connectivity index (χ2v) is 8.16. The Morgan fingerprint density at radius 2 is 1.80 bits per heavy atom. The Kier molecular flexibility index (Phi) is 6.13. The highest BCUT2D eigenvalue weighted by molar-refractivity contribution is 6.30. The van der Waals surface area contributed by atoms with Gasteiger partial charge in [-0.2, -0.15) is 4.98 Å². The second kappa shape index (κ2) is 8.95. The van der Waals surface area contributed by atoms with E-state index in [-0.39, 0.29) is 42.5 Å². The third kappa shape index (κ3) is 4.38. The van der Waals surface area contributed by atoms with E-state index in [1.54, 1.807) is 24.3 Å². The number of benzene rings is 1. The predicted octanol–water partition coefficient (Wildman–Crippen LogP) is 2.96. The highest BCUT2D eigenvalue weighted by Crippen LogP contribution is 2.38. The van der Waals surface area contributed by atoms with Gasteiger partial charge in [0.2, 0.25) is 29.4 Å². The standard InChI is InChI=1S/C21H23ClN4O4/c22-14-9-7-13(8-10-14)19-24-18(30-25-19)12-23-17(27)6-3-11-26-20(28)15-4-1-2-5-16(15)21(26)29/h7-10,15-16H,1-6,11-12H2,(H,23,27)/t15-,16+. The number of aromatic nitrogens is 2. The van der Waals surface area contributed by atoms with Crippen molar-refractivity contribution in [2.45, 2.75) is 45.1 Å². The first-order chi connectivity index (χ1) is 14.5. The Morgan fingerprint density at radius 3 is 2.47 bits per heavy atom. The zero-order valence-electron chi connectivity index (χ0n) is 16.5. The SMILES string of the molecule is O=C(CCCN1C(=O)[C@H]2CCCC[C@H]2C1=O)NCc1nc(-c2ccc(Cl)cc2)no1. The maximum atomic E-state index is 12.4. The lowest BCUT2D eigenvalue weighted by Gasteiger charge is -2.19. The molecule has 1 aliphatic heterocycles. The summed E-state index contributed by atoms with van der Waals surface area (Å²) < 4.78 is 5.16. The maximum absolute atomic E-state index is 12.4. The number of fused-ring (bicyclic) bond motifs is 1. The molecule has 1 aliphatic carbocycles. The first-order valence-corrected chi connectivity index (χ1v) is 10.6. The molecular formula is C21H23ClN4O4. The van der Waals surface area contributed by atoms with Crippen LogP contribution in [-0.4, -0.2) is 39.3 Å². The number of hydrogen-bond donors (Lipinski definition) is 1. The summed E-state index contributed by atoms with van der Waals surface area (Å²) in [5, 5.41) is 7.24. The molecule has 2 aromatic rings. The van der Waals surface area contributed by atoms with E-state index in [1.807, 2.05) is 0 Å². The fraction of sp³-hybridized carbons (Fsp3) is 0.476. The van der Waals surface area contributed by atoms with Crippen molar-refractivity contribution in [3.63, 3.8) is 0 Å². The van der Waals surface area contributed by atoms with Gasteiger partial charge in [0.25, 0.3) is 0 Å². The van der Waals surface area contributed by atoms with Crippen LogP contribution in [0.25, 0.3) is 11.4 Å². The van der Waals surface area contributed by atoms with Crippen LogP contribution in [0.5, 0.6) is 0 Å². The van der Waals surface area contributed by atoms with E-state index in [0.717, 1.165) is 31.2 Å². The van der Waals surface area contributed by atoms with Crippen LogP contribution in [0.4, 0.5) is 0 Å². The second-order valence-electron chi connectivity index (χ2n) is 7.72. The van der Waals surface area contributed by atoms with E-state index < -0.39 is 0 Å². The van der Waals surface area contributed by atoms with Gasteiger partial charge >= 0.3 is 0 Å². The molecule has 9 heteroatoms. The molecule has 2 fully saturated rings. The minimum Gasteiger partial charge on any atom is -0.347 e. The van der Waals surface area contributed by atoms with Crippen LogP contribution in [0.2, 0.25) is 5.02 Å². The summed E-state index contributed by atoms with van der Waals surface area (Å²) in [5.74, 6) is 0.0970. The van der Waals surface area contributed by atoms with Gasteiger partial charge in [-0.15, -0.1) is 0 Å². The number of halogens is 1. The van der Waals surface area contributed by atoms with Gasteiger partial charge in [0.1, 0.15) is 0 Å². The molecule has 158 valence electrons. The fourth-order valence-electron chi connectivity index (χ4n) is 4.15. The molecule has 1 saturated carbocycles. The summed E-state index contributed by atoms with van der Waals surface area (Å²) in [4.78, 5) is 42.6. The van der Waals surface area contributed by atoms with Crippen molar-refractivity contribution >= 4 is 29.3 Å². The number of likely N-dealkylation sites (tertiary alicyclic amines) is 1. The Morgan fingerprint density at radius 1 is 1.13 bits per heavy atom. The molecule has 30 heavy (non-hydrogen) atoms. The van der Waals surface area contributed by atoms with Gasteiger partial charge in [0, 0.05) is 23.6 Å². The maximum Gasteiger partial charge on any atom is 0.246 e. The topological polar surface area (TPSA) is 105 Å². The number of hydrogen-bond acceptors (Lipinski definition) is 6. The van der Waals surface area contributed by atoms with E-state index in [2.05, 4.69) is 15.5 Å². The minimum absolute atomic E-state index is 0.0642. The number of nitrogens with one attached hydrogen (secondary N) is 1. The number of rotatable bonds is 7. The number of amides is 3. The number of imide groups is 1. The van der Waals surface area contributed by atoms with Gasteiger partial charge in [0.05, 0.1) is 18.4 Å². The highest BCUT2D eigenvalue weighted by Gasteiger charge is 2.47. The lowest BCUT2D eigenvalue weighted by Crippen LogP contribution is -2.33. The average Bonchev–Trinajstić information content (AvgIpc) is 3.32. The first kappa shape index (κ1) is 20.5. The molecule has 3 amide bonds. The van der Waals surface area contributed by atoms with Crippen molar-refractivity contribution in [2.75, 3.05) is 6.54 Å². The predicted molar refractivity (Wildman–Crippen MR) is 108 cm³/mol.